The average molecular weight is 331 g/mol. The highest BCUT2D eigenvalue weighted by Crippen LogP contribution is 2.29. The third-order valence-corrected chi connectivity index (χ3v) is 4.17. The Kier molecular flexibility index (Phi) is 5.84. The van der Waals surface area contributed by atoms with Gasteiger partial charge in [0.1, 0.15) is 23.4 Å². The van der Waals surface area contributed by atoms with Gasteiger partial charge in [0.25, 0.3) is 0 Å². The zero-order valence-electron chi connectivity index (χ0n) is 14.9. The molecule has 2 aromatic rings. The van der Waals surface area contributed by atoms with Crippen LogP contribution in [0.1, 0.15) is 37.7 Å². The summed E-state index contributed by atoms with van der Waals surface area (Å²) in [4.78, 5) is 16.9. The van der Waals surface area contributed by atoms with Crippen LogP contribution in [-0.4, -0.2) is 29.7 Å². The summed E-state index contributed by atoms with van der Waals surface area (Å²) in [7, 11) is 5.11. The first kappa shape index (κ1) is 17.8. The molecule has 0 aliphatic carbocycles. The lowest BCUT2D eigenvalue weighted by Gasteiger charge is -2.22. The molecule has 1 amide bonds. The summed E-state index contributed by atoms with van der Waals surface area (Å²) in [6.07, 6.45) is 4.35. The molecule has 0 saturated carbocycles. The fraction of sp³-hybridized carbons (Fsp3) is 0.444. The number of carbonyl (C=O) groups excluding carboxylic acids is 1. The van der Waals surface area contributed by atoms with Gasteiger partial charge in [0, 0.05) is 31.4 Å². The van der Waals surface area contributed by atoms with Gasteiger partial charge in [-0.1, -0.05) is 13.8 Å². The molecule has 0 fully saturated rings. The Hall–Kier alpha value is -2.50. The van der Waals surface area contributed by atoms with Gasteiger partial charge >= 0.3 is 0 Å². The quantitative estimate of drug-likeness (QED) is 0.847. The number of nitrogens with one attached hydrogen (secondary N) is 1. The molecule has 0 radical (unpaired) electrons. The maximum Gasteiger partial charge on any atom is 0.223 e. The van der Waals surface area contributed by atoms with E-state index in [0.29, 0.717) is 11.5 Å². The molecule has 2 atom stereocenters. The summed E-state index contributed by atoms with van der Waals surface area (Å²) in [5, 5.41) is 3.10. The molecule has 0 spiro atoms. The van der Waals surface area contributed by atoms with Crippen LogP contribution in [0.25, 0.3) is 0 Å². The molecule has 1 heterocycles. The van der Waals surface area contributed by atoms with Crippen molar-refractivity contribution in [1.29, 1.82) is 0 Å². The smallest absolute Gasteiger partial charge is 0.223 e. The van der Waals surface area contributed by atoms with E-state index in [9.17, 15) is 4.79 Å². The molecule has 6 nitrogen and oxygen atoms in total. The van der Waals surface area contributed by atoms with Crippen LogP contribution in [0.3, 0.4) is 0 Å². The van der Waals surface area contributed by atoms with Gasteiger partial charge in [-0.05, 0) is 24.1 Å². The molecule has 0 aliphatic rings. The summed E-state index contributed by atoms with van der Waals surface area (Å²) in [5.41, 5.74) is 0.858. The number of aromatic nitrogens is 2. The van der Waals surface area contributed by atoms with Crippen molar-refractivity contribution in [1.82, 2.24) is 14.9 Å². The van der Waals surface area contributed by atoms with Crippen molar-refractivity contribution in [3.8, 4) is 11.5 Å². The number of hydrogen-bond acceptors (Lipinski definition) is 4. The van der Waals surface area contributed by atoms with E-state index in [0.717, 1.165) is 17.8 Å². The van der Waals surface area contributed by atoms with Crippen molar-refractivity contribution in [2.75, 3.05) is 14.2 Å². The lowest BCUT2D eigenvalue weighted by molar-refractivity contribution is -0.125. The second-order valence-electron chi connectivity index (χ2n) is 5.79. The lowest BCUT2D eigenvalue weighted by atomic mass is 10.0. The first-order valence-electron chi connectivity index (χ1n) is 8.00. The highest BCUT2D eigenvalue weighted by Gasteiger charge is 2.24. The number of rotatable bonds is 7. The van der Waals surface area contributed by atoms with Crippen molar-refractivity contribution in [2.45, 2.75) is 26.3 Å². The van der Waals surface area contributed by atoms with E-state index in [-0.39, 0.29) is 17.9 Å². The molecule has 24 heavy (non-hydrogen) atoms. The van der Waals surface area contributed by atoms with Gasteiger partial charge < -0.3 is 19.4 Å². The van der Waals surface area contributed by atoms with Crippen LogP contribution < -0.4 is 14.8 Å². The van der Waals surface area contributed by atoms with Gasteiger partial charge in [-0.15, -0.1) is 0 Å². The standard InChI is InChI=1S/C18H25N3O3/c1-6-12(2)18(22)20-16(17-19-7-8-21(17)3)13-9-14(23-4)11-15(10-13)24-5/h7-12,16H,6H2,1-5H3,(H,20,22). The minimum absolute atomic E-state index is 0.00714. The predicted octanol–water partition coefficient (Wildman–Crippen LogP) is 2.69. The fourth-order valence-electron chi connectivity index (χ4n) is 2.42. The fourth-order valence-corrected chi connectivity index (χ4v) is 2.42. The third-order valence-electron chi connectivity index (χ3n) is 4.17. The van der Waals surface area contributed by atoms with Crippen LogP contribution in [0.2, 0.25) is 0 Å². The molecule has 2 unspecified atom stereocenters. The molecule has 6 heteroatoms. The first-order valence-corrected chi connectivity index (χ1v) is 8.00. The van der Waals surface area contributed by atoms with Gasteiger partial charge in [0.2, 0.25) is 5.91 Å². The predicted molar refractivity (Wildman–Crippen MR) is 92.2 cm³/mol. The molecule has 1 aromatic heterocycles. The number of carbonyl (C=O) groups is 1. The molecule has 1 aromatic carbocycles. The molecule has 130 valence electrons. The second kappa shape index (κ2) is 7.86. The van der Waals surface area contributed by atoms with E-state index < -0.39 is 0 Å². The lowest BCUT2D eigenvalue weighted by Crippen LogP contribution is -2.34. The van der Waals surface area contributed by atoms with Gasteiger partial charge in [-0.2, -0.15) is 0 Å². The number of nitrogens with zero attached hydrogens (tertiary/aromatic N) is 2. The third kappa shape index (κ3) is 3.88. The monoisotopic (exact) mass is 331 g/mol. The maximum atomic E-state index is 12.5. The Balaban J connectivity index is 2.46. The summed E-state index contributed by atoms with van der Waals surface area (Å²) in [5.74, 6) is 2.01. The minimum atomic E-state index is -0.379. The summed E-state index contributed by atoms with van der Waals surface area (Å²) >= 11 is 0. The number of hydrogen-bond donors (Lipinski definition) is 1. The maximum absolute atomic E-state index is 12.5. The van der Waals surface area contributed by atoms with E-state index in [1.54, 1.807) is 26.5 Å². The topological polar surface area (TPSA) is 65.4 Å². The Morgan fingerprint density at radius 1 is 1.25 bits per heavy atom. The van der Waals surface area contributed by atoms with Crippen LogP contribution >= 0.6 is 0 Å². The molecule has 0 aliphatic heterocycles. The van der Waals surface area contributed by atoms with Crippen LogP contribution in [0, 0.1) is 5.92 Å². The number of amides is 1. The number of methoxy groups -OCH3 is 2. The highest BCUT2D eigenvalue weighted by molar-refractivity contribution is 5.79. The van der Waals surface area contributed by atoms with Crippen LogP contribution in [0.15, 0.2) is 30.6 Å². The van der Waals surface area contributed by atoms with Gasteiger partial charge in [-0.25, -0.2) is 4.98 Å². The molecular weight excluding hydrogens is 306 g/mol. The van der Waals surface area contributed by atoms with Crippen LogP contribution in [0.5, 0.6) is 11.5 Å². The van der Waals surface area contributed by atoms with Crippen molar-refractivity contribution in [2.24, 2.45) is 13.0 Å². The molecule has 0 saturated heterocycles. The SMILES string of the molecule is CCC(C)C(=O)NC(c1cc(OC)cc(OC)c1)c1nccn1C. The Morgan fingerprint density at radius 3 is 2.33 bits per heavy atom. The molecule has 0 bridgehead atoms. The van der Waals surface area contributed by atoms with Crippen molar-refractivity contribution < 1.29 is 14.3 Å². The van der Waals surface area contributed by atoms with Gasteiger partial charge in [0.05, 0.1) is 14.2 Å². The normalized spacial score (nSPS) is 13.2. The molecular formula is C18H25N3O3. The average Bonchev–Trinajstić information content (AvgIpc) is 3.03. The number of benzene rings is 1. The van der Waals surface area contributed by atoms with E-state index in [2.05, 4.69) is 10.3 Å². The minimum Gasteiger partial charge on any atom is -0.497 e. The first-order chi connectivity index (χ1) is 11.5. The molecule has 2 rings (SSSR count). The van der Waals surface area contributed by atoms with E-state index in [1.807, 2.05) is 43.8 Å². The highest BCUT2D eigenvalue weighted by atomic mass is 16.5. The van der Waals surface area contributed by atoms with Gasteiger partial charge in [-0.3, -0.25) is 4.79 Å². The van der Waals surface area contributed by atoms with Crippen LogP contribution in [-0.2, 0) is 11.8 Å². The number of aryl methyl sites for hydroxylation is 1. The van der Waals surface area contributed by atoms with Crippen molar-refractivity contribution in [3.63, 3.8) is 0 Å². The number of ether oxygens (including phenoxy) is 2. The molecule has 1 N–H and O–H groups in total. The van der Waals surface area contributed by atoms with Crippen LogP contribution in [0.4, 0.5) is 0 Å². The Labute approximate surface area is 142 Å². The largest absolute Gasteiger partial charge is 0.497 e. The number of imidazole rings is 1. The summed E-state index contributed by atoms with van der Waals surface area (Å²) in [6, 6.07) is 5.20. The van der Waals surface area contributed by atoms with Gasteiger partial charge in [0.15, 0.2) is 0 Å². The summed E-state index contributed by atoms with van der Waals surface area (Å²) in [6.45, 7) is 3.91. The summed E-state index contributed by atoms with van der Waals surface area (Å²) < 4.78 is 12.6. The van der Waals surface area contributed by atoms with Crippen molar-refractivity contribution in [3.05, 3.63) is 42.0 Å². The Morgan fingerprint density at radius 2 is 1.88 bits per heavy atom. The van der Waals surface area contributed by atoms with Crippen molar-refractivity contribution >= 4 is 5.91 Å². The zero-order chi connectivity index (χ0) is 17.7. The second-order valence-corrected chi connectivity index (χ2v) is 5.79. The van der Waals surface area contributed by atoms with E-state index in [4.69, 9.17) is 9.47 Å². The zero-order valence-corrected chi connectivity index (χ0v) is 14.9. The van der Waals surface area contributed by atoms with E-state index in [1.165, 1.54) is 0 Å². The van der Waals surface area contributed by atoms with E-state index >= 15 is 0 Å². The Bertz CT molecular complexity index is 674.